The number of nitrogens with one attached hydrogen (secondary N) is 1. The maximum atomic E-state index is 14.5. The minimum absolute atomic E-state index is 0.0174. The molecule has 0 saturated heterocycles. The molecule has 4 aromatic carbocycles. The predicted octanol–water partition coefficient (Wildman–Crippen LogP) is 7.97. The summed E-state index contributed by atoms with van der Waals surface area (Å²) < 4.78 is 29.3. The summed E-state index contributed by atoms with van der Waals surface area (Å²) in [5.74, 6) is -1.06. The number of aryl methyl sites for hydroxylation is 1. The Bertz CT molecular complexity index is 1800. The topological polar surface area (TPSA) is 86.8 Å². The molecule has 0 aliphatic rings. The second kappa shape index (κ2) is 15.5. The molecule has 0 fully saturated rings. The van der Waals surface area contributed by atoms with Gasteiger partial charge < -0.3 is 10.2 Å². The third-order valence-corrected chi connectivity index (χ3v) is 10.4. The van der Waals surface area contributed by atoms with Crippen LogP contribution in [-0.4, -0.2) is 43.8 Å². The summed E-state index contributed by atoms with van der Waals surface area (Å²) in [6.45, 7) is 4.72. The summed E-state index contributed by atoms with van der Waals surface area (Å²) in [4.78, 5) is 29.7. The quantitative estimate of drug-likeness (QED) is 0.161. The lowest BCUT2D eigenvalue weighted by atomic mass is 10.0. The zero-order valence-corrected chi connectivity index (χ0v) is 29.2. The fourth-order valence-electron chi connectivity index (χ4n) is 4.81. The third-order valence-electron chi connectivity index (χ3n) is 7.13. The molecular weight excluding hydrogens is 688 g/mol. The molecule has 4 aromatic rings. The highest BCUT2D eigenvalue weighted by atomic mass is 35.5. The van der Waals surface area contributed by atoms with Crippen LogP contribution >= 0.6 is 46.4 Å². The van der Waals surface area contributed by atoms with Crippen molar-refractivity contribution in [2.45, 2.75) is 50.7 Å². The van der Waals surface area contributed by atoms with Crippen molar-refractivity contribution in [2.75, 3.05) is 10.8 Å². The van der Waals surface area contributed by atoms with Gasteiger partial charge in [0.05, 0.1) is 30.7 Å². The number of halogens is 4. The summed E-state index contributed by atoms with van der Waals surface area (Å²) in [5, 5.41) is 3.59. The average Bonchev–Trinajstić information content (AvgIpc) is 3.01. The van der Waals surface area contributed by atoms with Crippen LogP contribution in [0.5, 0.6) is 0 Å². The highest BCUT2D eigenvalue weighted by Crippen LogP contribution is 2.36. The second-order valence-electron chi connectivity index (χ2n) is 11.0. The van der Waals surface area contributed by atoms with Crippen LogP contribution in [0.2, 0.25) is 20.1 Å². The highest BCUT2D eigenvalue weighted by Gasteiger charge is 2.35. The van der Waals surface area contributed by atoms with Crippen LogP contribution in [0.25, 0.3) is 0 Å². The Morgan fingerprint density at radius 2 is 1.46 bits per heavy atom. The SMILES string of the molecule is Cc1ccc(S(=O)(=O)N(CC(=O)N(Cc2ccc(Cl)c(Cl)c2)[C@H](Cc2ccccc2)C(=O)NC(C)C)c2cccc(Cl)c2Cl)cc1. The molecule has 12 heteroatoms. The highest BCUT2D eigenvalue weighted by molar-refractivity contribution is 7.92. The van der Waals surface area contributed by atoms with Crippen molar-refractivity contribution >= 4 is 73.9 Å². The van der Waals surface area contributed by atoms with Crippen molar-refractivity contribution in [3.8, 4) is 0 Å². The van der Waals surface area contributed by atoms with Crippen molar-refractivity contribution in [1.29, 1.82) is 0 Å². The maximum Gasteiger partial charge on any atom is 0.264 e. The lowest BCUT2D eigenvalue weighted by Crippen LogP contribution is -2.54. The van der Waals surface area contributed by atoms with Crippen LogP contribution in [-0.2, 0) is 32.6 Å². The van der Waals surface area contributed by atoms with Gasteiger partial charge >= 0.3 is 0 Å². The largest absolute Gasteiger partial charge is 0.352 e. The number of anilines is 1. The Kier molecular flexibility index (Phi) is 12.0. The van der Waals surface area contributed by atoms with Crippen LogP contribution in [0.4, 0.5) is 5.69 Å². The molecule has 0 aliphatic carbocycles. The number of carbonyl (C=O) groups is 2. The first-order valence-electron chi connectivity index (χ1n) is 14.4. The van der Waals surface area contributed by atoms with E-state index in [9.17, 15) is 18.0 Å². The van der Waals surface area contributed by atoms with E-state index in [1.807, 2.05) is 51.1 Å². The summed E-state index contributed by atoms with van der Waals surface area (Å²) in [6.07, 6.45) is 0.162. The van der Waals surface area contributed by atoms with Crippen LogP contribution < -0.4 is 9.62 Å². The molecule has 0 spiro atoms. The molecule has 0 aliphatic heterocycles. The first kappa shape index (κ1) is 35.6. The monoisotopic (exact) mass is 719 g/mol. The van der Waals surface area contributed by atoms with Crippen LogP contribution in [0.1, 0.15) is 30.5 Å². The summed E-state index contributed by atoms with van der Waals surface area (Å²) in [7, 11) is -4.34. The van der Waals surface area contributed by atoms with Gasteiger partial charge in [-0.25, -0.2) is 8.42 Å². The number of hydrogen-bond acceptors (Lipinski definition) is 4. The van der Waals surface area contributed by atoms with Crippen molar-refractivity contribution in [3.05, 3.63) is 128 Å². The van der Waals surface area contributed by atoms with E-state index < -0.39 is 34.4 Å². The number of rotatable bonds is 12. The van der Waals surface area contributed by atoms with Gasteiger partial charge in [0.1, 0.15) is 12.6 Å². The van der Waals surface area contributed by atoms with E-state index in [1.165, 1.54) is 29.2 Å². The number of nitrogens with zero attached hydrogens (tertiary/aromatic N) is 2. The van der Waals surface area contributed by atoms with Gasteiger partial charge in [-0.3, -0.25) is 13.9 Å². The Hall–Kier alpha value is -3.27. The minimum Gasteiger partial charge on any atom is -0.352 e. The zero-order chi connectivity index (χ0) is 33.6. The number of benzene rings is 4. The molecule has 0 bridgehead atoms. The number of amides is 2. The van der Waals surface area contributed by atoms with Crippen LogP contribution in [0, 0.1) is 6.92 Å². The van der Waals surface area contributed by atoms with Gasteiger partial charge in [-0.05, 0) is 68.3 Å². The van der Waals surface area contributed by atoms with E-state index in [0.717, 1.165) is 15.4 Å². The first-order chi connectivity index (χ1) is 21.8. The molecule has 1 N–H and O–H groups in total. The van der Waals surface area contributed by atoms with Crippen LogP contribution in [0.3, 0.4) is 0 Å². The van der Waals surface area contributed by atoms with E-state index in [4.69, 9.17) is 46.4 Å². The third kappa shape index (κ3) is 8.75. The Morgan fingerprint density at radius 1 is 0.783 bits per heavy atom. The van der Waals surface area contributed by atoms with Gasteiger partial charge in [0, 0.05) is 19.0 Å². The molecule has 242 valence electrons. The van der Waals surface area contributed by atoms with Gasteiger partial charge in [-0.15, -0.1) is 0 Å². The molecule has 0 radical (unpaired) electrons. The van der Waals surface area contributed by atoms with Gasteiger partial charge in [-0.1, -0.05) is 107 Å². The standard InChI is InChI=1S/C34H33Cl4N3O4S/c1-22(2)39-34(43)31(19-24-8-5-4-6-9-24)40(20-25-14-17-27(35)29(37)18-25)32(42)21-41(30-11-7-10-28(36)33(30)38)46(44,45)26-15-12-23(3)13-16-26/h4-18,22,31H,19-21H2,1-3H3,(H,39,43)/t31-/m1/s1. The molecule has 7 nitrogen and oxygen atoms in total. The van der Waals surface area contributed by atoms with E-state index >= 15 is 0 Å². The predicted molar refractivity (Wildman–Crippen MR) is 186 cm³/mol. The second-order valence-corrected chi connectivity index (χ2v) is 14.5. The molecule has 0 saturated carbocycles. The van der Waals surface area contributed by atoms with E-state index in [1.54, 1.807) is 36.4 Å². The smallest absolute Gasteiger partial charge is 0.264 e. The van der Waals surface area contributed by atoms with Gasteiger partial charge in [0.25, 0.3) is 10.0 Å². The van der Waals surface area contributed by atoms with Gasteiger partial charge in [0.15, 0.2) is 0 Å². The first-order valence-corrected chi connectivity index (χ1v) is 17.3. The molecule has 46 heavy (non-hydrogen) atoms. The lowest BCUT2D eigenvalue weighted by Gasteiger charge is -2.34. The summed E-state index contributed by atoms with van der Waals surface area (Å²) in [5.41, 5.74) is 2.27. The van der Waals surface area contributed by atoms with Gasteiger partial charge in [0.2, 0.25) is 11.8 Å². The van der Waals surface area contributed by atoms with Crippen molar-refractivity contribution in [3.63, 3.8) is 0 Å². The molecule has 2 amide bonds. The number of sulfonamides is 1. The minimum atomic E-state index is -4.34. The fraction of sp³-hybridized carbons (Fsp3) is 0.235. The Morgan fingerprint density at radius 3 is 2.09 bits per heavy atom. The normalized spacial score (nSPS) is 12.1. The maximum absolute atomic E-state index is 14.5. The molecular formula is C34H33Cl4N3O4S. The van der Waals surface area contributed by atoms with E-state index in [-0.39, 0.29) is 44.7 Å². The Labute approximate surface area is 290 Å². The number of carbonyl (C=O) groups excluding carboxylic acids is 2. The van der Waals surface area contributed by atoms with Gasteiger partial charge in [-0.2, -0.15) is 0 Å². The van der Waals surface area contributed by atoms with E-state index in [2.05, 4.69) is 5.32 Å². The molecule has 0 aromatic heterocycles. The fourth-order valence-corrected chi connectivity index (χ4v) is 7.00. The number of hydrogen-bond donors (Lipinski definition) is 1. The van der Waals surface area contributed by atoms with Crippen LogP contribution in [0.15, 0.2) is 95.9 Å². The van der Waals surface area contributed by atoms with Crippen molar-refractivity contribution in [1.82, 2.24) is 10.2 Å². The molecule has 4 rings (SSSR count). The summed E-state index contributed by atoms with van der Waals surface area (Å²) >= 11 is 25.4. The zero-order valence-electron chi connectivity index (χ0n) is 25.4. The molecule has 0 unspecified atom stereocenters. The lowest BCUT2D eigenvalue weighted by molar-refractivity contribution is -0.140. The summed E-state index contributed by atoms with van der Waals surface area (Å²) in [6, 6.07) is 23.7. The van der Waals surface area contributed by atoms with Crippen molar-refractivity contribution < 1.29 is 18.0 Å². The molecule has 1 atom stereocenters. The van der Waals surface area contributed by atoms with E-state index in [0.29, 0.717) is 10.6 Å². The Balaban J connectivity index is 1.85. The molecule has 0 heterocycles. The van der Waals surface area contributed by atoms with Crippen molar-refractivity contribution in [2.24, 2.45) is 0 Å². The average molecular weight is 722 g/mol.